The van der Waals surface area contributed by atoms with Gasteiger partial charge in [-0.1, -0.05) is 11.2 Å². The van der Waals surface area contributed by atoms with Gasteiger partial charge in [0.1, 0.15) is 11.5 Å². The Kier molecular flexibility index (Phi) is 4.74. The number of nitrogens with zero attached hydrogens (tertiary/aromatic N) is 2. The number of nitrogens with one attached hydrogen (secondary N) is 1. The number of methoxy groups -OCH3 is 2. The van der Waals surface area contributed by atoms with E-state index in [0.717, 1.165) is 23.6 Å². The molecule has 1 aromatic carbocycles. The highest BCUT2D eigenvalue weighted by Gasteiger charge is 2.05. The number of ether oxygens (including phenoxy) is 2. The van der Waals surface area contributed by atoms with Gasteiger partial charge in [-0.2, -0.15) is 4.98 Å². The lowest BCUT2D eigenvalue weighted by molar-refractivity contribution is 0.373. The first-order chi connectivity index (χ1) is 9.33. The van der Waals surface area contributed by atoms with Gasteiger partial charge in [0.25, 0.3) is 0 Å². The van der Waals surface area contributed by atoms with Crippen LogP contribution in [0, 0.1) is 0 Å². The zero-order chi connectivity index (χ0) is 13.5. The highest BCUT2D eigenvalue weighted by Crippen LogP contribution is 2.24. The van der Waals surface area contributed by atoms with Crippen LogP contribution in [-0.2, 0) is 13.0 Å². The van der Waals surface area contributed by atoms with Crippen molar-refractivity contribution in [3.8, 4) is 11.5 Å². The normalized spacial score (nSPS) is 10.4. The molecule has 0 amide bonds. The Bertz CT molecular complexity index is 500. The van der Waals surface area contributed by atoms with Gasteiger partial charge in [-0.25, -0.2) is 0 Å². The van der Waals surface area contributed by atoms with Crippen LogP contribution >= 0.6 is 0 Å². The molecule has 1 N–H and O–H groups in total. The molecule has 0 radical (unpaired) electrons. The molecule has 0 aliphatic heterocycles. The van der Waals surface area contributed by atoms with Crippen molar-refractivity contribution in [3.05, 3.63) is 36.0 Å². The van der Waals surface area contributed by atoms with Crippen molar-refractivity contribution in [1.29, 1.82) is 0 Å². The topological polar surface area (TPSA) is 69.4 Å². The number of benzene rings is 1. The summed E-state index contributed by atoms with van der Waals surface area (Å²) in [5.74, 6) is 2.23. The molecule has 0 spiro atoms. The van der Waals surface area contributed by atoms with E-state index in [9.17, 15) is 0 Å². The number of hydrogen-bond acceptors (Lipinski definition) is 6. The van der Waals surface area contributed by atoms with E-state index in [0.29, 0.717) is 18.9 Å². The van der Waals surface area contributed by atoms with Crippen LogP contribution in [0.5, 0.6) is 11.5 Å². The minimum absolute atomic E-state index is 0.634. The second-order valence-electron chi connectivity index (χ2n) is 3.94. The van der Waals surface area contributed by atoms with Crippen molar-refractivity contribution in [3.63, 3.8) is 0 Å². The first-order valence-electron chi connectivity index (χ1n) is 6.00. The van der Waals surface area contributed by atoms with Gasteiger partial charge in [-0.05, 0) is 6.07 Å². The Morgan fingerprint density at radius 1 is 1.26 bits per heavy atom. The van der Waals surface area contributed by atoms with Gasteiger partial charge in [0, 0.05) is 31.1 Å². The number of hydrogen-bond donors (Lipinski definition) is 1. The van der Waals surface area contributed by atoms with Crippen molar-refractivity contribution in [2.24, 2.45) is 0 Å². The lowest BCUT2D eigenvalue weighted by Crippen LogP contribution is -2.17. The second-order valence-corrected chi connectivity index (χ2v) is 3.94. The smallest absolute Gasteiger partial charge is 0.227 e. The first-order valence-corrected chi connectivity index (χ1v) is 6.00. The van der Waals surface area contributed by atoms with E-state index in [1.165, 1.54) is 6.33 Å². The van der Waals surface area contributed by atoms with Gasteiger partial charge in [-0.15, -0.1) is 0 Å². The van der Waals surface area contributed by atoms with E-state index in [-0.39, 0.29) is 0 Å². The molecule has 1 heterocycles. The van der Waals surface area contributed by atoms with Crippen molar-refractivity contribution in [2.45, 2.75) is 13.0 Å². The fourth-order valence-electron chi connectivity index (χ4n) is 1.72. The molecule has 1 aromatic heterocycles. The average molecular weight is 263 g/mol. The van der Waals surface area contributed by atoms with Crippen molar-refractivity contribution in [1.82, 2.24) is 15.5 Å². The van der Waals surface area contributed by atoms with Crippen molar-refractivity contribution < 1.29 is 14.0 Å². The van der Waals surface area contributed by atoms with Crippen LogP contribution in [0.2, 0.25) is 0 Å². The third-order valence-corrected chi connectivity index (χ3v) is 2.73. The van der Waals surface area contributed by atoms with Crippen molar-refractivity contribution >= 4 is 0 Å². The van der Waals surface area contributed by atoms with Gasteiger partial charge < -0.3 is 19.3 Å². The van der Waals surface area contributed by atoms with E-state index < -0.39 is 0 Å². The summed E-state index contributed by atoms with van der Waals surface area (Å²) in [7, 11) is 3.29. The summed E-state index contributed by atoms with van der Waals surface area (Å²) in [6, 6.07) is 5.77. The Morgan fingerprint density at radius 2 is 2.16 bits per heavy atom. The maximum absolute atomic E-state index is 5.33. The maximum Gasteiger partial charge on any atom is 0.227 e. The summed E-state index contributed by atoms with van der Waals surface area (Å²) >= 11 is 0. The van der Waals surface area contributed by atoms with Gasteiger partial charge in [0.15, 0.2) is 6.33 Å². The molecule has 0 unspecified atom stereocenters. The largest absolute Gasteiger partial charge is 0.497 e. The molecular formula is C13H17N3O3. The highest BCUT2D eigenvalue weighted by atomic mass is 16.5. The Balaban J connectivity index is 1.85. The molecule has 0 bridgehead atoms. The molecule has 0 aliphatic carbocycles. The molecule has 2 aromatic rings. The predicted octanol–water partition coefficient (Wildman–Crippen LogP) is 1.42. The van der Waals surface area contributed by atoms with Crippen LogP contribution in [0.25, 0.3) is 0 Å². The average Bonchev–Trinajstić information content (AvgIpc) is 2.96. The second kappa shape index (κ2) is 6.75. The summed E-state index contributed by atoms with van der Waals surface area (Å²) in [5, 5.41) is 6.86. The standard InChI is InChI=1S/C13H17N3O3/c1-17-11-4-3-10(12(7-11)18-2)8-14-6-5-13-15-9-16-19-13/h3-4,7,9,14H,5-6,8H2,1-2H3. The van der Waals surface area contributed by atoms with Crippen molar-refractivity contribution in [2.75, 3.05) is 20.8 Å². The minimum atomic E-state index is 0.634. The van der Waals surface area contributed by atoms with E-state index in [4.69, 9.17) is 14.0 Å². The van der Waals surface area contributed by atoms with Crippen LogP contribution in [0.3, 0.4) is 0 Å². The molecule has 19 heavy (non-hydrogen) atoms. The van der Waals surface area contributed by atoms with E-state index in [1.807, 2.05) is 18.2 Å². The SMILES string of the molecule is COc1ccc(CNCCc2ncno2)c(OC)c1. The van der Waals surface area contributed by atoms with Crippen LogP contribution in [0.15, 0.2) is 29.0 Å². The molecule has 0 saturated carbocycles. The lowest BCUT2D eigenvalue weighted by atomic mass is 10.2. The van der Waals surface area contributed by atoms with Gasteiger partial charge in [-0.3, -0.25) is 0 Å². The summed E-state index contributed by atoms with van der Waals surface area (Å²) < 4.78 is 15.4. The highest BCUT2D eigenvalue weighted by molar-refractivity contribution is 5.40. The molecule has 6 nitrogen and oxygen atoms in total. The zero-order valence-electron chi connectivity index (χ0n) is 11.0. The van der Waals surface area contributed by atoms with Gasteiger partial charge in [0.2, 0.25) is 5.89 Å². The van der Waals surface area contributed by atoms with E-state index >= 15 is 0 Å². The van der Waals surface area contributed by atoms with Crippen LogP contribution in [-0.4, -0.2) is 30.9 Å². The zero-order valence-corrected chi connectivity index (χ0v) is 11.0. The summed E-state index contributed by atoms with van der Waals surface area (Å²) in [5.41, 5.74) is 1.08. The third kappa shape index (κ3) is 3.69. The fourth-order valence-corrected chi connectivity index (χ4v) is 1.72. The van der Waals surface area contributed by atoms with Crippen LogP contribution in [0.1, 0.15) is 11.5 Å². The molecule has 0 saturated heterocycles. The first kappa shape index (κ1) is 13.4. The molecule has 0 aliphatic rings. The third-order valence-electron chi connectivity index (χ3n) is 2.73. The quantitative estimate of drug-likeness (QED) is 0.762. The number of rotatable bonds is 7. The Hall–Kier alpha value is -2.08. The molecule has 102 valence electrons. The molecule has 0 atom stereocenters. The van der Waals surface area contributed by atoms with Crippen LogP contribution < -0.4 is 14.8 Å². The monoisotopic (exact) mass is 263 g/mol. The Labute approximate surface area is 111 Å². The van der Waals surface area contributed by atoms with E-state index in [2.05, 4.69) is 15.5 Å². The molecule has 6 heteroatoms. The summed E-state index contributed by atoms with van der Waals surface area (Å²) in [6.45, 7) is 1.47. The van der Waals surface area contributed by atoms with Gasteiger partial charge in [0.05, 0.1) is 14.2 Å². The lowest BCUT2D eigenvalue weighted by Gasteiger charge is -2.10. The van der Waals surface area contributed by atoms with E-state index in [1.54, 1.807) is 14.2 Å². The van der Waals surface area contributed by atoms with Gasteiger partial charge >= 0.3 is 0 Å². The Morgan fingerprint density at radius 3 is 2.84 bits per heavy atom. The molecule has 2 rings (SSSR count). The predicted molar refractivity (Wildman–Crippen MR) is 69.3 cm³/mol. The summed E-state index contributed by atoms with van der Waals surface area (Å²) in [4.78, 5) is 3.96. The van der Waals surface area contributed by atoms with Crippen LogP contribution in [0.4, 0.5) is 0 Å². The fraction of sp³-hybridized carbons (Fsp3) is 0.385. The molecular weight excluding hydrogens is 246 g/mol. The molecule has 0 fully saturated rings. The number of aromatic nitrogens is 2. The maximum atomic E-state index is 5.33. The summed E-state index contributed by atoms with van der Waals surface area (Å²) in [6.07, 6.45) is 2.11. The minimum Gasteiger partial charge on any atom is -0.497 e.